The zero-order valence-electron chi connectivity index (χ0n) is 14.4. The summed E-state index contributed by atoms with van der Waals surface area (Å²) in [5, 5.41) is 3.64. The van der Waals surface area contributed by atoms with Gasteiger partial charge in [-0.05, 0) is 48.1 Å². The van der Waals surface area contributed by atoms with Crippen LogP contribution in [0, 0.1) is 0 Å². The van der Waals surface area contributed by atoms with E-state index in [0.29, 0.717) is 6.04 Å². The van der Waals surface area contributed by atoms with E-state index in [-0.39, 0.29) is 11.5 Å². The molecule has 0 spiro atoms. The Morgan fingerprint density at radius 1 is 0.909 bits per heavy atom. The minimum Gasteiger partial charge on any atom is -0.399 e. The molecule has 0 aliphatic carbocycles. The number of hydrogen-bond acceptors (Lipinski definition) is 2. The first kappa shape index (κ1) is 16.6. The van der Waals surface area contributed by atoms with E-state index in [2.05, 4.69) is 76.3 Å². The average molecular weight is 296 g/mol. The normalized spacial score (nSPS) is 13.4. The largest absolute Gasteiger partial charge is 0.399 e. The van der Waals surface area contributed by atoms with Gasteiger partial charge in [0.15, 0.2) is 0 Å². The first-order chi connectivity index (χ1) is 10.3. The Hall–Kier alpha value is -1.80. The summed E-state index contributed by atoms with van der Waals surface area (Å²) in [5.41, 5.74) is 10.8. The van der Waals surface area contributed by atoms with Crippen LogP contribution in [0.15, 0.2) is 48.5 Å². The fourth-order valence-electron chi connectivity index (χ4n) is 2.63. The van der Waals surface area contributed by atoms with E-state index in [4.69, 9.17) is 5.73 Å². The molecule has 2 rings (SSSR count). The van der Waals surface area contributed by atoms with Gasteiger partial charge in [0, 0.05) is 11.7 Å². The van der Waals surface area contributed by atoms with Crippen molar-refractivity contribution in [1.29, 1.82) is 0 Å². The van der Waals surface area contributed by atoms with E-state index >= 15 is 0 Å². The van der Waals surface area contributed by atoms with Crippen LogP contribution in [0.4, 0.5) is 5.69 Å². The van der Waals surface area contributed by atoms with Crippen molar-refractivity contribution >= 4 is 5.69 Å². The molecule has 0 saturated carbocycles. The smallest absolute Gasteiger partial charge is 0.0579 e. The lowest BCUT2D eigenvalue weighted by Gasteiger charge is -2.24. The predicted octanol–water partition coefficient (Wildman–Crippen LogP) is 4.65. The van der Waals surface area contributed by atoms with E-state index < -0.39 is 0 Å². The number of nitrogens with two attached hydrogens (primary N) is 1. The van der Waals surface area contributed by atoms with Crippen molar-refractivity contribution in [1.82, 2.24) is 5.32 Å². The quantitative estimate of drug-likeness (QED) is 0.806. The van der Waals surface area contributed by atoms with Gasteiger partial charge >= 0.3 is 0 Å². The van der Waals surface area contributed by atoms with E-state index in [1.807, 2.05) is 12.1 Å². The summed E-state index contributed by atoms with van der Waals surface area (Å²) in [6.45, 7) is 11.1. The lowest BCUT2D eigenvalue weighted by Crippen LogP contribution is -2.29. The Morgan fingerprint density at radius 3 is 2.05 bits per heavy atom. The van der Waals surface area contributed by atoms with Crippen LogP contribution < -0.4 is 11.1 Å². The maximum atomic E-state index is 5.96. The molecule has 118 valence electrons. The highest BCUT2D eigenvalue weighted by atomic mass is 14.9. The molecule has 1 atom stereocenters. The molecule has 2 nitrogen and oxygen atoms in total. The second-order valence-corrected chi connectivity index (χ2v) is 7.30. The fraction of sp³-hybridized carbons (Fsp3) is 0.400. The molecular formula is C20H28N2. The lowest BCUT2D eigenvalue weighted by atomic mass is 9.85. The molecule has 0 heterocycles. The van der Waals surface area contributed by atoms with Crippen molar-refractivity contribution in [2.24, 2.45) is 0 Å². The molecule has 0 saturated heterocycles. The number of rotatable bonds is 4. The molecule has 2 aromatic carbocycles. The van der Waals surface area contributed by atoms with Crippen molar-refractivity contribution in [3.8, 4) is 0 Å². The summed E-state index contributed by atoms with van der Waals surface area (Å²) in [6.07, 6.45) is 0. The third-order valence-corrected chi connectivity index (χ3v) is 3.85. The molecule has 0 aliphatic heterocycles. The molecule has 3 N–H and O–H groups in total. The summed E-state index contributed by atoms with van der Waals surface area (Å²) >= 11 is 0. The number of nitrogen functional groups attached to an aromatic ring is 1. The van der Waals surface area contributed by atoms with Crippen molar-refractivity contribution in [3.63, 3.8) is 0 Å². The molecule has 0 fully saturated rings. The molecule has 0 aliphatic rings. The van der Waals surface area contributed by atoms with Gasteiger partial charge in [0.1, 0.15) is 0 Å². The molecule has 0 radical (unpaired) electrons. The number of nitrogens with one attached hydrogen (secondary N) is 1. The monoisotopic (exact) mass is 296 g/mol. The average Bonchev–Trinajstić information content (AvgIpc) is 2.44. The van der Waals surface area contributed by atoms with Gasteiger partial charge < -0.3 is 11.1 Å². The fourth-order valence-corrected chi connectivity index (χ4v) is 2.63. The summed E-state index contributed by atoms with van der Waals surface area (Å²) in [4.78, 5) is 0. The summed E-state index contributed by atoms with van der Waals surface area (Å²) < 4.78 is 0. The van der Waals surface area contributed by atoms with E-state index in [0.717, 1.165) is 5.69 Å². The maximum absolute atomic E-state index is 5.96. The third-order valence-electron chi connectivity index (χ3n) is 3.85. The molecule has 2 aromatic rings. The molecule has 0 bridgehead atoms. The van der Waals surface area contributed by atoms with Crippen molar-refractivity contribution < 1.29 is 0 Å². The second kappa shape index (κ2) is 6.53. The molecular weight excluding hydrogens is 268 g/mol. The number of hydrogen-bond donors (Lipinski definition) is 2. The summed E-state index contributed by atoms with van der Waals surface area (Å²) in [5.74, 6) is 0. The molecule has 0 amide bonds. The Labute approximate surface area is 134 Å². The SMILES string of the molecule is CC(C)NC(c1ccc(C(C)(C)C)cc1)c1cccc(N)c1. The van der Waals surface area contributed by atoms with Crippen molar-refractivity contribution in [2.45, 2.75) is 52.1 Å². The van der Waals surface area contributed by atoms with Crippen LogP contribution in [0.2, 0.25) is 0 Å². The summed E-state index contributed by atoms with van der Waals surface area (Å²) in [7, 11) is 0. The van der Waals surface area contributed by atoms with Crippen LogP contribution in [-0.4, -0.2) is 6.04 Å². The Balaban J connectivity index is 2.37. The predicted molar refractivity (Wildman–Crippen MR) is 96.1 cm³/mol. The van der Waals surface area contributed by atoms with Gasteiger partial charge in [0.05, 0.1) is 6.04 Å². The van der Waals surface area contributed by atoms with Gasteiger partial charge in [-0.3, -0.25) is 0 Å². The second-order valence-electron chi connectivity index (χ2n) is 7.30. The summed E-state index contributed by atoms with van der Waals surface area (Å²) in [6, 6.07) is 17.6. The maximum Gasteiger partial charge on any atom is 0.0579 e. The Kier molecular flexibility index (Phi) is 4.92. The van der Waals surface area contributed by atoms with Gasteiger partial charge in [0.2, 0.25) is 0 Å². The lowest BCUT2D eigenvalue weighted by molar-refractivity contribution is 0.528. The zero-order chi connectivity index (χ0) is 16.3. The highest BCUT2D eigenvalue weighted by Crippen LogP contribution is 2.28. The van der Waals surface area contributed by atoms with Crippen LogP contribution in [0.3, 0.4) is 0 Å². The Morgan fingerprint density at radius 2 is 1.55 bits per heavy atom. The van der Waals surface area contributed by atoms with E-state index in [1.54, 1.807) is 0 Å². The number of benzene rings is 2. The topological polar surface area (TPSA) is 38.0 Å². The van der Waals surface area contributed by atoms with Gasteiger partial charge in [-0.2, -0.15) is 0 Å². The van der Waals surface area contributed by atoms with E-state index in [9.17, 15) is 0 Å². The van der Waals surface area contributed by atoms with Crippen molar-refractivity contribution in [2.75, 3.05) is 5.73 Å². The van der Waals surface area contributed by atoms with Crippen LogP contribution in [0.5, 0.6) is 0 Å². The van der Waals surface area contributed by atoms with Crippen LogP contribution >= 0.6 is 0 Å². The zero-order valence-corrected chi connectivity index (χ0v) is 14.4. The Bertz CT molecular complexity index is 606. The van der Waals surface area contributed by atoms with Gasteiger partial charge in [0.25, 0.3) is 0 Å². The van der Waals surface area contributed by atoms with Crippen molar-refractivity contribution in [3.05, 3.63) is 65.2 Å². The minimum atomic E-state index is 0.164. The first-order valence-electron chi connectivity index (χ1n) is 7.99. The van der Waals surface area contributed by atoms with Crippen LogP contribution in [0.1, 0.15) is 57.4 Å². The molecule has 1 unspecified atom stereocenters. The van der Waals surface area contributed by atoms with Crippen LogP contribution in [0.25, 0.3) is 0 Å². The standard InChI is InChI=1S/C20H28N2/c1-14(2)22-19(16-7-6-8-18(21)13-16)15-9-11-17(12-10-15)20(3,4)5/h6-14,19,22H,21H2,1-5H3. The van der Waals surface area contributed by atoms with Gasteiger partial charge in [-0.25, -0.2) is 0 Å². The van der Waals surface area contributed by atoms with E-state index in [1.165, 1.54) is 16.7 Å². The first-order valence-corrected chi connectivity index (χ1v) is 7.99. The van der Waals surface area contributed by atoms with Gasteiger partial charge in [-0.1, -0.05) is 57.2 Å². The highest BCUT2D eigenvalue weighted by Gasteiger charge is 2.17. The molecule has 0 aromatic heterocycles. The van der Waals surface area contributed by atoms with Crippen LogP contribution in [-0.2, 0) is 5.41 Å². The highest BCUT2D eigenvalue weighted by molar-refractivity contribution is 5.44. The molecule has 22 heavy (non-hydrogen) atoms. The number of anilines is 1. The minimum absolute atomic E-state index is 0.164. The van der Waals surface area contributed by atoms with Gasteiger partial charge in [-0.15, -0.1) is 0 Å². The molecule has 2 heteroatoms. The third kappa shape index (κ3) is 4.11.